The lowest BCUT2D eigenvalue weighted by atomic mass is 10.1. The zero-order chi connectivity index (χ0) is 18.9. The number of esters is 1. The number of nitrogens with zero attached hydrogens (tertiary/aromatic N) is 1. The molecule has 0 aliphatic carbocycles. The number of hydrogen-bond donors (Lipinski definition) is 2. The molecule has 2 N–H and O–H groups in total. The van der Waals surface area contributed by atoms with Crippen molar-refractivity contribution < 1.29 is 23.9 Å². The quantitative estimate of drug-likeness (QED) is 0.571. The number of methoxy groups -OCH3 is 1. The number of amides is 2. The van der Waals surface area contributed by atoms with E-state index >= 15 is 0 Å². The van der Waals surface area contributed by atoms with Crippen molar-refractivity contribution in [2.24, 2.45) is 0 Å². The standard InChI is InChI=1S/C17H25N3O5/c1-17(2,3)25-16(23)19-10-6-8-13(15(22)24-4)20-14(21)12-7-5-9-18-11-12/h5,7,9,11,13H,6,8,10H2,1-4H3,(H,19,23)(H,20,21)/t13-/m0/s1. The molecule has 0 aromatic carbocycles. The van der Waals surface area contributed by atoms with E-state index in [1.807, 2.05) is 0 Å². The summed E-state index contributed by atoms with van der Waals surface area (Å²) in [6, 6.07) is 2.42. The number of rotatable bonds is 7. The maximum Gasteiger partial charge on any atom is 0.407 e. The molecule has 1 atom stereocenters. The van der Waals surface area contributed by atoms with Crippen molar-refractivity contribution >= 4 is 18.0 Å². The van der Waals surface area contributed by atoms with E-state index in [0.717, 1.165) is 0 Å². The number of carbonyl (C=O) groups excluding carboxylic acids is 3. The van der Waals surface area contributed by atoms with Gasteiger partial charge in [-0.25, -0.2) is 9.59 Å². The second-order valence-corrected chi connectivity index (χ2v) is 6.36. The summed E-state index contributed by atoms with van der Waals surface area (Å²) < 4.78 is 9.83. The molecule has 0 aliphatic heterocycles. The van der Waals surface area contributed by atoms with Crippen LogP contribution in [0.4, 0.5) is 4.79 Å². The molecule has 2 amide bonds. The van der Waals surface area contributed by atoms with Crippen molar-refractivity contribution in [1.82, 2.24) is 15.6 Å². The topological polar surface area (TPSA) is 107 Å². The van der Waals surface area contributed by atoms with Gasteiger partial charge in [-0.1, -0.05) is 0 Å². The fraction of sp³-hybridized carbons (Fsp3) is 0.529. The Morgan fingerprint density at radius 2 is 2.00 bits per heavy atom. The molecule has 0 unspecified atom stereocenters. The summed E-state index contributed by atoms with van der Waals surface area (Å²) in [5, 5.41) is 5.21. The second-order valence-electron chi connectivity index (χ2n) is 6.36. The number of carbonyl (C=O) groups is 3. The molecule has 0 radical (unpaired) electrons. The lowest BCUT2D eigenvalue weighted by molar-refractivity contribution is -0.143. The van der Waals surface area contributed by atoms with E-state index in [1.165, 1.54) is 13.3 Å². The molecule has 1 heterocycles. The summed E-state index contributed by atoms with van der Waals surface area (Å²) in [5.41, 5.74) is -0.223. The van der Waals surface area contributed by atoms with Crippen molar-refractivity contribution in [3.05, 3.63) is 30.1 Å². The molecular weight excluding hydrogens is 326 g/mol. The maximum absolute atomic E-state index is 12.1. The Labute approximate surface area is 147 Å². The molecule has 8 nitrogen and oxygen atoms in total. The van der Waals surface area contributed by atoms with Crippen LogP contribution in [0.25, 0.3) is 0 Å². The van der Waals surface area contributed by atoms with Gasteiger partial charge in [0.15, 0.2) is 0 Å². The van der Waals surface area contributed by atoms with Gasteiger partial charge in [-0.2, -0.15) is 0 Å². The van der Waals surface area contributed by atoms with E-state index in [0.29, 0.717) is 24.9 Å². The van der Waals surface area contributed by atoms with E-state index in [1.54, 1.807) is 39.1 Å². The lowest BCUT2D eigenvalue weighted by Crippen LogP contribution is -2.42. The normalized spacial score (nSPS) is 12.0. The number of ether oxygens (including phenoxy) is 2. The summed E-state index contributed by atoms with van der Waals surface area (Å²) in [6.07, 6.45) is 3.22. The van der Waals surface area contributed by atoms with Gasteiger partial charge in [0, 0.05) is 18.9 Å². The van der Waals surface area contributed by atoms with Crippen molar-refractivity contribution in [1.29, 1.82) is 0 Å². The van der Waals surface area contributed by atoms with Gasteiger partial charge in [0.05, 0.1) is 12.7 Å². The second kappa shape index (κ2) is 9.61. The summed E-state index contributed by atoms with van der Waals surface area (Å²) in [6.45, 7) is 5.63. The minimum atomic E-state index is -0.807. The van der Waals surface area contributed by atoms with Gasteiger partial charge in [0.2, 0.25) is 0 Å². The highest BCUT2D eigenvalue weighted by molar-refractivity contribution is 5.96. The Morgan fingerprint density at radius 3 is 2.56 bits per heavy atom. The number of nitrogens with one attached hydrogen (secondary N) is 2. The molecule has 0 aliphatic rings. The van der Waals surface area contributed by atoms with Gasteiger partial charge >= 0.3 is 12.1 Å². The largest absolute Gasteiger partial charge is 0.467 e. The van der Waals surface area contributed by atoms with Crippen molar-refractivity contribution in [3.63, 3.8) is 0 Å². The molecule has 0 fully saturated rings. The van der Waals surface area contributed by atoms with Crippen LogP contribution in [0.3, 0.4) is 0 Å². The van der Waals surface area contributed by atoms with E-state index in [9.17, 15) is 14.4 Å². The molecule has 138 valence electrons. The van der Waals surface area contributed by atoms with Gasteiger partial charge in [-0.15, -0.1) is 0 Å². The van der Waals surface area contributed by atoms with Crippen LogP contribution in [0, 0.1) is 0 Å². The van der Waals surface area contributed by atoms with Crippen LogP contribution >= 0.6 is 0 Å². The zero-order valence-electron chi connectivity index (χ0n) is 15.0. The Balaban J connectivity index is 2.48. The van der Waals surface area contributed by atoms with Gasteiger partial charge in [0.25, 0.3) is 5.91 Å². The highest BCUT2D eigenvalue weighted by atomic mass is 16.6. The molecule has 25 heavy (non-hydrogen) atoms. The molecule has 0 spiro atoms. The summed E-state index contributed by atoms with van der Waals surface area (Å²) in [7, 11) is 1.25. The molecule has 1 rings (SSSR count). The van der Waals surface area contributed by atoms with Crippen LogP contribution in [-0.4, -0.2) is 48.3 Å². The summed E-state index contributed by atoms with van der Waals surface area (Å²) in [4.78, 5) is 39.4. The average Bonchev–Trinajstić information content (AvgIpc) is 2.55. The molecule has 1 aromatic rings. The third-order valence-corrected chi connectivity index (χ3v) is 3.05. The fourth-order valence-electron chi connectivity index (χ4n) is 1.94. The molecule has 0 bridgehead atoms. The maximum atomic E-state index is 12.1. The number of alkyl carbamates (subject to hydrolysis) is 1. The highest BCUT2D eigenvalue weighted by Gasteiger charge is 2.22. The number of pyridine rings is 1. The smallest absolute Gasteiger partial charge is 0.407 e. The lowest BCUT2D eigenvalue weighted by Gasteiger charge is -2.20. The van der Waals surface area contributed by atoms with Crippen LogP contribution < -0.4 is 10.6 Å². The number of hydrogen-bond acceptors (Lipinski definition) is 6. The molecule has 1 aromatic heterocycles. The third kappa shape index (κ3) is 8.14. The minimum absolute atomic E-state index is 0.311. The molecule has 0 saturated carbocycles. The van der Waals surface area contributed by atoms with Crippen LogP contribution in [0.1, 0.15) is 44.0 Å². The van der Waals surface area contributed by atoms with Crippen LogP contribution in [0.5, 0.6) is 0 Å². The minimum Gasteiger partial charge on any atom is -0.467 e. The average molecular weight is 351 g/mol. The SMILES string of the molecule is COC(=O)[C@H](CCCNC(=O)OC(C)(C)C)NC(=O)c1cccnc1. The Morgan fingerprint density at radius 1 is 1.28 bits per heavy atom. The van der Waals surface area contributed by atoms with Crippen LogP contribution in [0.15, 0.2) is 24.5 Å². The Kier molecular flexibility index (Phi) is 7.84. The van der Waals surface area contributed by atoms with E-state index in [4.69, 9.17) is 9.47 Å². The van der Waals surface area contributed by atoms with Crippen molar-refractivity contribution in [3.8, 4) is 0 Å². The van der Waals surface area contributed by atoms with E-state index in [-0.39, 0.29) is 0 Å². The predicted molar refractivity (Wildman–Crippen MR) is 91.0 cm³/mol. The highest BCUT2D eigenvalue weighted by Crippen LogP contribution is 2.07. The number of aromatic nitrogens is 1. The first-order valence-electron chi connectivity index (χ1n) is 7.98. The van der Waals surface area contributed by atoms with Gasteiger partial charge < -0.3 is 20.1 Å². The first kappa shape index (κ1) is 20.4. The Hall–Kier alpha value is -2.64. The van der Waals surface area contributed by atoms with Crippen LogP contribution in [-0.2, 0) is 14.3 Å². The fourth-order valence-corrected chi connectivity index (χ4v) is 1.94. The monoisotopic (exact) mass is 351 g/mol. The third-order valence-electron chi connectivity index (χ3n) is 3.05. The molecule has 0 saturated heterocycles. The molecular formula is C17H25N3O5. The van der Waals surface area contributed by atoms with Gasteiger partial charge in [-0.05, 0) is 45.7 Å². The molecule has 8 heteroatoms. The van der Waals surface area contributed by atoms with Gasteiger partial charge in [-0.3, -0.25) is 9.78 Å². The predicted octanol–water partition coefficient (Wildman–Crippen LogP) is 1.66. The first-order chi connectivity index (χ1) is 11.7. The zero-order valence-corrected chi connectivity index (χ0v) is 15.0. The van der Waals surface area contributed by atoms with E-state index < -0.39 is 29.6 Å². The summed E-state index contributed by atoms with van der Waals surface area (Å²) >= 11 is 0. The Bertz CT molecular complexity index is 584. The van der Waals surface area contributed by atoms with Crippen molar-refractivity contribution in [2.45, 2.75) is 45.3 Å². The van der Waals surface area contributed by atoms with Gasteiger partial charge in [0.1, 0.15) is 11.6 Å². The van der Waals surface area contributed by atoms with E-state index in [2.05, 4.69) is 15.6 Å². The first-order valence-corrected chi connectivity index (χ1v) is 7.98. The van der Waals surface area contributed by atoms with Crippen LogP contribution in [0.2, 0.25) is 0 Å². The van der Waals surface area contributed by atoms with Crippen molar-refractivity contribution in [2.75, 3.05) is 13.7 Å². The summed E-state index contributed by atoms with van der Waals surface area (Å²) in [5.74, 6) is -0.960.